The first-order chi connectivity index (χ1) is 5.65. The molecule has 1 aromatic carbocycles. The highest BCUT2D eigenvalue weighted by Crippen LogP contribution is 2.24. The van der Waals surface area contributed by atoms with Gasteiger partial charge in [-0.25, -0.2) is 0 Å². The van der Waals surface area contributed by atoms with Crippen molar-refractivity contribution in [1.29, 1.82) is 0 Å². The first-order valence-corrected chi connectivity index (χ1v) is 5.15. The summed E-state index contributed by atoms with van der Waals surface area (Å²) < 4.78 is 0. The largest absolute Gasteiger partial charge is 0.387 e. The van der Waals surface area contributed by atoms with Gasteiger partial charge in [0, 0.05) is 10.4 Å². The van der Waals surface area contributed by atoms with Crippen LogP contribution in [-0.2, 0) is 0 Å². The molecule has 3 heteroatoms. The van der Waals surface area contributed by atoms with Crippen molar-refractivity contribution in [2.45, 2.75) is 13.0 Å². The number of benzene rings is 1. The predicted molar refractivity (Wildman–Crippen MR) is 54.9 cm³/mol. The number of aryl methyl sites for hydroxylation is 1. The Labute approximate surface area is 85.5 Å². The molecule has 66 valence electrons. The number of alkyl halides is 1. The molecule has 0 amide bonds. The SMILES string of the molecule is Cc1ccc(C(O)CBr)c(Cl)c1. The van der Waals surface area contributed by atoms with Crippen LogP contribution in [-0.4, -0.2) is 10.4 Å². The third-order valence-electron chi connectivity index (χ3n) is 1.66. The minimum absolute atomic E-state index is 0.510. The fraction of sp³-hybridized carbons (Fsp3) is 0.333. The van der Waals surface area contributed by atoms with Crippen LogP contribution in [0.2, 0.25) is 5.02 Å². The van der Waals surface area contributed by atoms with Gasteiger partial charge in [0.25, 0.3) is 0 Å². The lowest BCUT2D eigenvalue weighted by atomic mass is 10.1. The molecule has 0 radical (unpaired) electrons. The molecule has 0 fully saturated rings. The van der Waals surface area contributed by atoms with Crippen LogP contribution < -0.4 is 0 Å². The standard InChI is InChI=1S/C9H10BrClO/c1-6-2-3-7(8(11)4-6)9(12)5-10/h2-4,9,12H,5H2,1H3. The third kappa shape index (κ3) is 2.22. The van der Waals surface area contributed by atoms with Gasteiger partial charge >= 0.3 is 0 Å². The Morgan fingerprint density at radius 1 is 1.58 bits per heavy atom. The molecular formula is C9H10BrClO. The van der Waals surface area contributed by atoms with Crippen LogP contribution in [0.1, 0.15) is 17.2 Å². The molecule has 0 aliphatic heterocycles. The molecule has 1 nitrogen and oxygen atoms in total. The maximum absolute atomic E-state index is 9.47. The van der Waals surface area contributed by atoms with Gasteiger partial charge in [-0.1, -0.05) is 39.7 Å². The van der Waals surface area contributed by atoms with Crippen molar-refractivity contribution >= 4 is 27.5 Å². The summed E-state index contributed by atoms with van der Waals surface area (Å²) in [6.07, 6.45) is -0.516. The van der Waals surface area contributed by atoms with Crippen LogP contribution in [0.4, 0.5) is 0 Å². The lowest BCUT2D eigenvalue weighted by Gasteiger charge is -2.09. The van der Waals surface area contributed by atoms with Crippen LogP contribution in [0.5, 0.6) is 0 Å². The van der Waals surface area contributed by atoms with Crippen molar-refractivity contribution in [2.75, 3.05) is 5.33 Å². The first kappa shape index (κ1) is 10.0. The summed E-state index contributed by atoms with van der Waals surface area (Å²) in [6, 6.07) is 5.64. The number of aliphatic hydroxyl groups excluding tert-OH is 1. The van der Waals surface area contributed by atoms with E-state index in [4.69, 9.17) is 11.6 Å². The van der Waals surface area contributed by atoms with E-state index in [1.54, 1.807) is 0 Å². The van der Waals surface area contributed by atoms with Gasteiger partial charge in [0.1, 0.15) is 0 Å². The van der Waals surface area contributed by atoms with Crippen LogP contribution in [0.15, 0.2) is 18.2 Å². The Morgan fingerprint density at radius 3 is 2.75 bits per heavy atom. The Bertz CT molecular complexity index is 275. The van der Waals surface area contributed by atoms with Gasteiger partial charge in [-0.15, -0.1) is 0 Å². The average Bonchev–Trinajstić information content (AvgIpc) is 2.03. The summed E-state index contributed by atoms with van der Waals surface area (Å²) in [5, 5.41) is 10.6. The quantitative estimate of drug-likeness (QED) is 0.799. The highest BCUT2D eigenvalue weighted by atomic mass is 79.9. The first-order valence-electron chi connectivity index (χ1n) is 3.65. The monoisotopic (exact) mass is 248 g/mol. The van der Waals surface area contributed by atoms with Crippen LogP contribution >= 0.6 is 27.5 Å². The van der Waals surface area contributed by atoms with Crippen LogP contribution in [0, 0.1) is 6.92 Å². The minimum atomic E-state index is -0.516. The molecule has 1 rings (SSSR count). The highest BCUT2D eigenvalue weighted by Gasteiger charge is 2.09. The summed E-state index contributed by atoms with van der Waals surface area (Å²) in [5.41, 5.74) is 1.88. The molecule has 0 saturated carbocycles. The molecule has 0 aliphatic carbocycles. The second-order valence-corrected chi connectivity index (χ2v) is 3.75. The average molecular weight is 250 g/mol. The van der Waals surface area contributed by atoms with Crippen molar-refractivity contribution in [3.05, 3.63) is 34.3 Å². The van der Waals surface area contributed by atoms with E-state index >= 15 is 0 Å². The normalized spacial score (nSPS) is 13.0. The van der Waals surface area contributed by atoms with E-state index in [0.717, 1.165) is 11.1 Å². The topological polar surface area (TPSA) is 20.2 Å². The maximum atomic E-state index is 9.47. The molecule has 0 spiro atoms. The Kier molecular flexibility index (Phi) is 3.56. The second kappa shape index (κ2) is 4.26. The molecular weight excluding hydrogens is 239 g/mol. The van der Waals surface area contributed by atoms with Crippen molar-refractivity contribution < 1.29 is 5.11 Å². The van der Waals surface area contributed by atoms with E-state index in [0.29, 0.717) is 10.4 Å². The van der Waals surface area contributed by atoms with E-state index in [9.17, 15) is 5.11 Å². The highest BCUT2D eigenvalue weighted by molar-refractivity contribution is 9.09. The minimum Gasteiger partial charge on any atom is -0.387 e. The van der Waals surface area contributed by atoms with Crippen molar-refractivity contribution in [3.63, 3.8) is 0 Å². The maximum Gasteiger partial charge on any atom is 0.0901 e. The number of rotatable bonds is 2. The molecule has 0 aliphatic rings. The van der Waals surface area contributed by atoms with Gasteiger partial charge in [-0.2, -0.15) is 0 Å². The van der Waals surface area contributed by atoms with Crippen LogP contribution in [0.25, 0.3) is 0 Å². The van der Waals surface area contributed by atoms with Gasteiger partial charge in [-0.3, -0.25) is 0 Å². The predicted octanol–water partition coefficient (Wildman–Crippen LogP) is 3.08. The van der Waals surface area contributed by atoms with Gasteiger partial charge in [0.05, 0.1) is 6.10 Å². The zero-order chi connectivity index (χ0) is 9.14. The Hall–Kier alpha value is -0.0500. The second-order valence-electron chi connectivity index (χ2n) is 2.70. The molecule has 1 N–H and O–H groups in total. The number of hydrogen-bond acceptors (Lipinski definition) is 1. The summed E-state index contributed by atoms with van der Waals surface area (Å²) >= 11 is 9.12. The molecule has 1 aromatic rings. The summed E-state index contributed by atoms with van der Waals surface area (Å²) in [4.78, 5) is 0. The van der Waals surface area contributed by atoms with Crippen molar-refractivity contribution in [1.82, 2.24) is 0 Å². The van der Waals surface area contributed by atoms with E-state index in [2.05, 4.69) is 15.9 Å². The van der Waals surface area contributed by atoms with E-state index in [1.807, 2.05) is 25.1 Å². The van der Waals surface area contributed by atoms with Crippen molar-refractivity contribution in [2.24, 2.45) is 0 Å². The lowest BCUT2D eigenvalue weighted by Crippen LogP contribution is -1.98. The molecule has 1 unspecified atom stereocenters. The third-order valence-corrected chi connectivity index (χ3v) is 2.60. The van der Waals surface area contributed by atoms with Crippen molar-refractivity contribution in [3.8, 4) is 0 Å². The zero-order valence-corrected chi connectivity index (χ0v) is 9.06. The molecule has 0 bridgehead atoms. The smallest absolute Gasteiger partial charge is 0.0901 e. The van der Waals surface area contributed by atoms with Gasteiger partial charge in [0.15, 0.2) is 0 Å². The zero-order valence-electron chi connectivity index (χ0n) is 6.72. The van der Waals surface area contributed by atoms with Gasteiger partial charge in [0.2, 0.25) is 0 Å². The van der Waals surface area contributed by atoms with E-state index < -0.39 is 6.10 Å². The molecule has 0 heterocycles. The van der Waals surface area contributed by atoms with E-state index in [-0.39, 0.29) is 0 Å². The van der Waals surface area contributed by atoms with Gasteiger partial charge < -0.3 is 5.11 Å². The number of aliphatic hydroxyl groups is 1. The fourth-order valence-electron chi connectivity index (χ4n) is 0.986. The fourth-order valence-corrected chi connectivity index (χ4v) is 1.70. The van der Waals surface area contributed by atoms with Gasteiger partial charge in [-0.05, 0) is 24.1 Å². The molecule has 0 aromatic heterocycles. The number of hydrogen-bond donors (Lipinski definition) is 1. The molecule has 1 atom stereocenters. The Balaban J connectivity index is 3.01. The molecule has 0 saturated heterocycles. The van der Waals surface area contributed by atoms with Crippen LogP contribution in [0.3, 0.4) is 0 Å². The van der Waals surface area contributed by atoms with E-state index in [1.165, 1.54) is 0 Å². The number of halogens is 2. The summed E-state index contributed by atoms with van der Waals surface area (Å²) in [5.74, 6) is 0. The Morgan fingerprint density at radius 2 is 2.25 bits per heavy atom. The summed E-state index contributed by atoms with van der Waals surface area (Å²) in [7, 11) is 0. The summed E-state index contributed by atoms with van der Waals surface area (Å²) in [6.45, 7) is 1.97. The molecule has 12 heavy (non-hydrogen) atoms. The lowest BCUT2D eigenvalue weighted by molar-refractivity contribution is 0.205.